The zero-order valence-corrected chi connectivity index (χ0v) is 13.5. The molecule has 0 aliphatic carbocycles. The van der Waals surface area contributed by atoms with E-state index in [0.717, 1.165) is 11.3 Å². The second kappa shape index (κ2) is 6.21. The summed E-state index contributed by atoms with van der Waals surface area (Å²) in [5.74, 6) is -0.498. The average molecular weight is 345 g/mol. The number of rotatable bonds is 6. The molecule has 0 saturated heterocycles. The van der Waals surface area contributed by atoms with Gasteiger partial charge in [0.05, 0.1) is 13.4 Å². The highest BCUT2D eigenvalue weighted by atomic mass is 32.2. The van der Waals surface area contributed by atoms with Crippen molar-refractivity contribution in [1.29, 1.82) is 0 Å². The first kappa shape index (κ1) is 16.7. The Morgan fingerprint density at radius 1 is 1.50 bits per heavy atom. The standard InChI is InChI=1S/C13H15NO6S2/c1-13(16,10-4-3-6-20-10)8-14-22(17,18)9-5-7-21-11(9)12(15)19-2/h3-7,14,16H,8H2,1-2H3/t13-/m0/s1. The lowest BCUT2D eigenvalue weighted by Gasteiger charge is -2.21. The molecular formula is C13H15NO6S2. The van der Waals surface area contributed by atoms with Crippen LogP contribution in [0.4, 0.5) is 0 Å². The lowest BCUT2D eigenvalue weighted by Crippen LogP contribution is -2.38. The van der Waals surface area contributed by atoms with E-state index in [1.165, 1.54) is 31.7 Å². The Kier molecular flexibility index (Phi) is 4.71. The van der Waals surface area contributed by atoms with Crippen LogP contribution in [0.1, 0.15) is 22.4 Å². The van der Waals surface area contributed by atoms with Crippen molar-refractivity contribution < 1.29 is 27.5 Å². The third kappa shape index (κ3) is 3.38. The second-order valence-electron chi connectivity index (χ2n) is 4.68. The van der Waals surface area contributed by atoms with Gasteiger partial charge in [-0.25, -0.2) is 17.9 Å². The van der Waals surface area contributed by atoms with Gasteiger partial charge in [0.15, 0.2) is 0 Å². The van der Waals surface area contributed by atoms with Crippen LogP contribution in [0, 0.1) is 0 Å². The largest absolute Gasteiger partial charge is 0.466 e. The van der Waals surface area contributed by atoms with E-state index in [9.17, 15) is 18.3 Å². The van der Waals surface area contributed by atoms with Crippen LogP contribution in [0.5, 0.6) is 0 Å². The van der Waals surface area contributed by atoms with Crippen molar-refractivity contribution in [2.24, 2.45) is 0 Å². The van der Waals surface area contributed by atoms with Crippen molar-refractivity contribution in [3.63, 3.8) is 0 Å². The molecule has 2 aromatic heterocycles. The fraction of sp³-hybridized carbons (Fsp3) is 0.308. The number of ether oxygens (including phenoxy) is 1. The Balaban J connectivity index is 2.19. The molecule has 1 atom stereocenters. The summed E-state index contributed by atoms with van der Waals surface area (Å²) in [6.07, 6.45) is 1.38. The normalized spacial score (nSPS) is 14.5. The van der Waals surface area contributed by atoms with Crippen molar-refractivity contribution in [3.8, 4) is 0 Å². The number of thiophene rings is 1. The molecule has 0 unspecified atom stereocenters. The molecule has 2 N–H and O–H groups in total. The molecule has 0 radical (unpaired) electrons. The predicted molar refractivity (Wildman–Crippen MR) is 79.1 cm³/mol. The van der Waals surface area contributed by atoms with Gasteiger partial charge in [-0.2, -0.15) is 0 Å². The van der Waals surface area contributed by atoms with Gasteiger partial charge in [0.2, 0.25) is 10.0 Å². The molecule has 7 nitrogen and oxygen atoms in total. The molecule has 0 aromatic carbocycles. The summed E-state index contributed by atoms with van der Waals surface area (Å²) in [5, 5.41) is 11.7. The van der Waals surface area contributed by atoms with Crippen LogP contribution in [0.25, 0.3) is 0 Å². The van der Waals surface area contributed by atoms with E-state index in [1.54, 1.807) is 12.1 Å². The summed E-state index contributed by atoms with van der Waals surface area (Å²) < 4.78 is 36.5. The maximum absolute atomic E-state index is 12.3. The zero-order valence-electron chi connectivity index (χ0n) is 11.9. The van der Waals surface area contributed by atoms with Gasteiger partial charge in [-0.1, -0.05) is 0 Å². The molecule has 9 heteroatoms. The molecule has 120 valence electrons. The number of esters is 1. The van der Waals surface area contributed by atoms with Crippen LogP contribution in [0.3, 0.4) is 0 Å². The van der Waals surface area contributed by atoms with Gasteiger partial charge in [-0.05, 0) is 30.5 Å². The van der Waals surface area contributed by atoms with Crippen molar-refractivity contribution in [2.75, 3.05) is 13.7 Å². The number of furan rings is 1. The monoisotopic (exact) mass is 345 g/mol. The number of hydrogen-bond acceptors (Lipinski definition) is 7. The van der Waals surface area contributed by atoms with Gasteiger partial charge in [-0.15, -0.1) is 11.3 Å². The van der Waals surface area contributed by atoms with Gasteiger partial charge in [0.25, 0.3) is 0 Å². The van der Waals surface area contributed by atoms with Gasteiger partial charge >= 0.3 is 5.97 Å². The maximum Gasteiger partial charge on any atom is 0.349 e. The third-order valence-corrected chi connectivity index (χ3v) is 5.42. The summed E-state index contributed by atoms with van der Waals surface area (Å²) in [7, 11) is -2.79. The first-order valence-electron chi connectivity index (χ1n) is 6.20. The summed E-state index contributed by atoms with van der Waals surface area (Å²) in [6, 6.07) is 4.44. The molecule has 0 spiro atoms. The highest BCUT2D eigenvalue weighted by molar-refractivity contribution is 7.89. The average Bonchev–Trinajstić information content (AvgIpc) is 3.15. The van der Waals surface area contributed by atoms with Crippen LogP contribution in [-0.4, -0.2) is 33.1 Å². The van der Waals surface area contributed by atoms with E-state index < -0.39 is 21.6 Å². The van der Waals surface area contributed by atoms with Crippen LogP contribution in [0.15, 0.2) is 39.2 Å². The Labute approximate surface area is 131 Å². The summed E-state index contributed by atoms with van der Waals surface area (Å²) in [4.78, 5) is 11.4. The summed E-state index contributed by atoms with van der Waals surface area (Å²) in [5.41, 5.74) is -1.52. The van der Waals surface area contributed by atoms with Crippen molar-refractivity contribution in [2.45, 2.75) is 17.4 Å². The molecule has 2 rings (SSSR count). The molecule has 0 amide bonds. The van der Waals surface area contributed by atoms with Crippen LogP contribution in [-0.2, 0) is 20.4 Å². The summed E-state index contributed by atoms with van der Waals surface area (Å²) in [6.45, 7) is 1.11. The SMILES string of the molecule is COC(=O)c1sccc1S(=O)(=O)NC[C@](C)(O)c1ccco1. The number of nitrogens with one attached hydrogen (secondary N) is 1. The number of hydrogen-bond donors (Lipinski definition) is 2. The van der Waals surface area contributed by atoms with Crippen molar-refractivity contribution >= 4 is 27.3 Å². The first-order chi connectivity index (χ1) is 10.3. The minimum absolute atomic E-state index is 0.0207. The highest BCUT2D eigenvalue weighted by Gasteiger charge is 2.31. The van der Waals surface area contributed by atoms with Gasteiger partial charge in [-0.3, -0.25) is 0 Å². The Morgan fingerprint density at radius 2 is 2.23 bits per heavy atom. The fourth-order valence-corrected chi connectivity index (χ4v) is 4.20. The number of carbonyl (C=O) groups is 1. The topological polar surface area (TPSA) is 106 Å². The number of carbonyl (C=O) groups excluding carboxylic acids is 1. The zero-order chi connectivity index (χ0) is 16.4. The lowest BCUT2D eigenvalue weighted by molar-refractivity contribution is 0.0395. The predicted octanol–water partition coefficient (Wildman–Crippen LogP) is 1.31. The van der Waals surface area contributed by atoms with E-state index in [2.05, 4.69) is 9.46 Å². The minimum atomic E-state index is -3.97. The molecule has 2 heterocycles. The molecule has 0 bridgehead atoms. The van der Waals surface area contributed by atoms with E-state index in [1.807, 2.05) is 0 Å². The number of methoxy groups -OCH3 is 1. The lowest BCUT2D eigenvalue weighted by atomic mass is 10.1. The highest BCUT2D eigenvalue weighted by Crippen LogP contribution is 2.24. The first-order valence-corrected chi connectivity index (χ1v) is 8.56. The Bertz CT molecular complexity index is 745. The smallest absolute Gasteiger partial charge is 0.349 e. The minimum Gasteiger partial charge on any atom is -0.466 e. The fourth-order valence-electron chi connectivity index (χ4n) is 1.74. The van der Waals surface area contributed by atoms with Crippen LogP contribution >= 0.6 is 11.3 Å². The molecule has 22 heavy (non-hydrogen) atoms. The summed E-state index contributed by atoms with van der Waals surface area (Å²) >= 11 is 0.965. The van der Waals surface area contributed by atoms with E-state index in [-0.39, 0.29) is 22.1 Å². The van der Waals surface area contributed by atoms with Crippen molar-refractivity contribution in [1.82, 2.24) is 4.72 Å². The number of aliphatic hydroxyl groups is 1. The second-order valence-corrected chi connectivity index (χ2v) is 7.33. The van der Waals surface area contributed by atoms with Crippen LogP contribution in [0.2, 0.25) is 0 Å². The third-order valence-electron chi connectivity index (χ3n) is 2.95. The molecule has 2 aromatic rings. The Morgan fingerprint density at radius 3 is 2.82 bits per heavy atom. The van der Waals surface area contributed by atoms with E-state index in [0.29, 0.717) is 0 Å². The molecule has 0 aliphatic heterocycles. The quantitative estimate of drug-likeness (QED) is 0.765. The van der Waals surface area contributed by atoms with E-state index in [4.69, 9.17) is 4.42 Å². The molecular weight excluding hydrogens is 330 g/mol. The number of sulfonamides is 1. The molecule has 0 fully saturated rings. The van der Waals surface area contributed by atoms with Gasteiger partial charge in [0, 0.05) is 6.54 Å². The van der Waals surface area contributed by atoms with E-state index >= 15 is 0 Å². The van der Waals surface area contributed by atoms with Crippen LogP contribution < -0.4 is 4.72 Å². The Hall–Kier alpha value is -1.68. The molecule has 0 saturated carbocycles. The van der Waals surface area contributed by atoms with Crippen molar-refractivity contribution in [3.05, 3.63) is 40.5 Å². The maximum atomic E-state index is 12.3. The molecule has 0 aliphatic rings. The van der Waals surface area contributed by atoms with Gasteiger partial charge in [0.1, 0.15) is 21.1 Å². The van der Waals surface area contributed by atoms with Gasteiger partial charge < -0.3 is 14.3 Å².